The minimum atomic E-state index is -0.851. The Morgan fingerprint density at radius 3 is 2.61 bits per heavy atom. The first-order valence-corrected chi connectivity index (χ1v) is 9.91. The second-order valence-corrected chi connectivity index (χ2v) is 6.88. The number of nitrogens with one attached hydrogen (secondary N) is 1. The molecule has 0 saturated carbocycles. The largest absolute Gasteiger partial charge is 0.493 e. The lowest BCUT2D eigenvalue weighted by Crippen LogP contribution is -2.42. The molecular formula is C24H19FN2O6. The minimum absolute atomic E-state index is 0.0638. The van der Waals surface area contributed by atoms with Gasteiger partial charge in [0, 0.05) is 0 Å². The quantitative estimate of drug-likeness (QED) is 0.268. The van der Waals surface area contributed by atoms with Crippen molar-refractivity contribution in [2.75, 3.05) is 13.7 Å². The molecule has 1 aliphatic rings. The van der Waals surface area contributed by atoms with Gasteiger partial charge in [-0.25, -0.2) is 14.6 Å². The van der Waals surface area contributed by atoms with Gasteiger partial charge in [-0.1, -0.05) is 24.3 Å². The van der Waals surface area contributed by atoms with Gasteiger partial charge in [-0.2, -0.15) is 5.10 Å². The maximum atomic E-state index is 13.8. The van der Waals surface area contributed by atoms with E-state index in [-0.39, 0.29) is 23.7 Å². The second-order valence-electron chi connectivity index (χ2n) is 6.88. The number of amides is 1. The highest BCUT2D eigenvalue weighted by atomic mass is 19.1. The fourth-order valence-electron chi connectivity index (χ4n) is 3.02. The van der Waals surface area contributed by atoms with Gasteiger partial charge in [0.15, 0.2) is 23.0 Å². The van der Waals surface area contributed by atoms with Gasteiger partial charge < -0.3 is 18.9 Å². The van der Waals surface area contributed by atoms with Crippen molar-refractivity contribution in [2.45, 2.75) is 6.10 Å². The molecule has 1 atom stereocenters. The van der Waals surface area contributed by atoms with E-state index < -0.39 is 23.8 Å². The summed E-state index contributed by atoms with van der Waals surface area (Å²) in [5.41, 5.74) is 2.77. The van der Waals surface area contributed by atoms with Crippen LogP contribution in [0.1, 0.15) is 15.9 Å². The van der Waals surface area contributed by atoms with Crippen molar-refractivity contribution in [1.29, 1.82) is 0 Å². The second kappa shape index (κ2) is 9.82. The lowest BCUT2D eigenvalue weighted by atomic mass is 10.2. The van der Waals surface area contributed by atoms with E-state index in [1.165, 1.54) is 43.7 Å². The highest BCUT2D eigenvalue weighted by Gasteiger charge is 2.27. The third-order valence-electron chi connectivity index (χ3n) is 4.67. The summed E-state index contributed by atoms with van der Waals surface area (Å²) >= 11 is 0. The molecule has 1 aliphatic heterocycles. The summed E-state index contributed by atoms with van der Waals surface area (Å²) in [5.74, 6) is -0.601. The van der Waals surface area contributed by atoms with E-state index in [0.717, 1.165) is 0 Å². The van der Waals surface area contributed by atoms with Crippen LogP contribution in [0.15, 0.2) is 71.8 Å². The molecule has 3 aromatic carbocycles. The van der Waals surface area contributed by atoms with Crippen LogP contribution in [-0.2, 0) is 4.79 Å². The van der Waals surface area contributed by atoms with Crippen molar-refractivity contribution >= 4 is 18.1 Å². The minimum Gasteiger partial charge on any atom is -0.493 e. The number of benzene rings is 3. The van der Waals surface area contributed by atoms with Crippen molar-refractivity contribution in [2.24, 2.45) is 5.10 Å². The molecule has 4 rings (SSSR count). The number of rotatable bonds is 6. The molecular weight excluding hydrogens is 431 g/mol. The van der Waals surface area contributed by atoms with Crippen molar-refractivity contribution in [3.8, 4) is 23.0 Å². The number of ether oxygens (including phenoxy) is 4. The van der Waals surface area contributed by atoms with Gasteiger partial charge in [-0.15, -0.1) is 0 Å². The molecule has 0 bridgehead atoms. The standard InChI is InChI=1S/C24H19FN2O6/c1-30-21-12-15(10-11-20(21)33-24(29)16-6-2-3-7-17(16)25)13-26-27-23(28)22-14-31-18-8-4-5-9-19(18)32-22/h2-13,22H,14H2,1H3,(H,27,28)/b26-13-/t22-/m1/s1. The number of esters is 1. The van der Waals surface area contributed by atoms with Crippen LogP contribution in [0, 0.1) is 5.82 Å². The Balaban J connectivity index is 1.38. The van der Waals surface area contributed by atoms with Crippen molar-refractivity contribution < 1.29 is 32.9 Å². The topological polar surface area (TPSA) is 95.5 Å². The van der Waals surface area contributed by atoms with Crippen molar-refractivity contribution in [3.05, 3.63) is 83.7 Å². The summed E-state index contributed by atoms with van der Waals surface area (Å²) < 4.78 is 35.5. The summed E-state index contributed by atoms with van der Waals surface area (Å²) in [6.45, 7) is 0.0638. The Morgan fingerprint density at radius 2 is 1.82 bits per heavy atom. The molecule has 8 nitrogen and oxygen atoms in total. The predicted octanol–water partition coefficient (Wildman–Crippen LogP) is 3.34. The van der Waals surface area contributed by atoms with E-state index >= 15 is 0 Å². The lowest BCUT2D eigenvalue weighted by molar-refractivity contribution is -0.130. The van der Waals surface area contributed by atoms with Gasteiger partial charge in [0.1, 0.15) is 12.4 Å². The monoisotopic (exact) mass is 450 g/mol. The molecule has 1 N–H and O–H groups in total. The van der Waals surface area contributed by atoms with Crippen molar-refractivity contribution in [1.82, 2.24) is 5.43 Å². The Kier molecular flexibility index (Phi) is 6.49. The van der Waals surface area contributed by atoms with Gasteiger partial charge in [-0.05, 0) is 48.0 Å². The zero-order chi connectivity index (χ0) is 23.2. The molecule has 0 unspecified atom stereocenters. The molecule has 0 aliphatic carbocycles. The van der Waals surface area contributed by atoms with Crippen molar-refractivity contribution in [3.63, 3.8) is 0 Å². The number of hydrogen-bond donors (Lipinski definition) is 1. The Labute approximate surface area is 188 Å². The molecule has 0 spiro atoms. The Hall–Kier alpha value is -4.40. The van der Waals surface area contributed by atoms with E-state index in [1.54, 1.807) is 30.3 Å². The molecule has 0 fully saturated rings. The molecule has 9 heteroatoms. The van der Waals surface area contributed by atoms with Crippen LogP contribution in [-0.4, -0.2) is 37.9 Å². The van der Waals surface area contributed by atoms with Crippen LogP contribution in [0.25, 0.3) is 0 Å². The van der Waals surface area contributed by atoms with Crippen LogP contribution in [0.3, 0.4) is 0 Å². The average Bonchev–Trinajstić information content (AvgIpc) is 2.84. The number of para-hydroxylation sites is 2. The summed E-state index contributed by atoms with van der Waals surface area (Å²) in [7, 11) is 1.40. The molecule has 0 saturated heterocycles. The number of methoxy groups -OCH3 is 1. The third-order valence-corrected chi connectivity index (χ3v) is 4.67. The number of hydrazone groups is 1. The fraction of sp³-hybridized carbons (Fsp3) is 0.125. The number of nitrogens with zero attached hydrogens (tertiary/aromatic N) is 1. The number of carbonyl (C=O) groups is 2. The Bertz CT molecular complexity index is 1210. The number of hydrogen-bond acceptors (Lipinski definition) is 7. The van der Waals surface area contributed by atoms with E-state index in [9.17, 15) is 14.0 Å². The van der Waals surface area contributed by atoms with Gasteiger partial charge >= 0.3 is 5.97 Å². The van der Waals surface area contributed by atoms with E-state index in [0.29, 0.717) is 17.1 Å². The highest BCUT2D eigenvalue weighted by molar-refractivity contribution is 5.92. The third kappa shape index (κ3) is 5.09. The number of halogens is 1. The first-order valence-electron chi connectivity index (χ1n) is 9.91. The van der Waals surface area contributed by atoms with Gasteiger partial charge in [0.05, 0.1) is 18.9 Å². The first-order chi connectivity index (χ1) is 16.0. The number of fused-ring (bicyclic) bond motifs is 1. The van der Waals surface area contributed by atoms with Crippen LogP contribution >= 0.6 is 0 Å². The van der Waals surface area contributed by atoms with Gasteiger partial charge in [-0.3, -0.25) is 4.79 Å². The summed E-state index contributed by atoms with van der Waals surface area (Å²) in [6.07, 6.45) is 0.548. The van der Waals surface area contributed by atoms with Crippen LogP contribution < -0.4 is 24.4 Å². The maximum Gasteiger partial charge on any atom is 0.346 e. The van der Waals surface area contributed by atoms with E-state index in [4.69, 9.17) is 18.9 Å². The summed E-state index contributed by atoms with van der Waals surface area (Å²) in [5, 5.41) is 3.92. The molecule has 1 heterocycles. The fourth-order valence-corrected chi connectivity index (χ4v) is 3.02. The molecule has 1 amide bonds. The summed E-state index contributed by atoms with van der Waals surface area (Å²) in [6, 6.07) is 17.2. The summed E-state index contributed by atoms with van der Waals surface area (Å²) in [4.78, 5) is 24.6. The van der Waals surface area contributed by atoms with E-state index in [2.05, 4.69) is 10.5 Å². The van der Waals surface area contributed by atoms with Crippen LogP contribution in [0.5, 0.6) is 23.0 Å². The molecule has 3 aromatic rings. The molecule has 0 radical (unpaired) electrons. The molecule has 168 valence electrons. The Morgan fingerprint density at radius 1 is 1.06 bits per heavy atom. The van der Waals surface area contributed by atoms with Crippen LogP contribution in [0.4, 0.5) is 4.39 Å². The van der Waals surface area contributed by atoms with Crippen LogP contribution in [0.2, 0.25) is 0 Å². The SMILES string of the molecule is COc1cc(/C=N\NC(=O)[C@H]2COc3ccccc3O2)ccc1OC(=O)c1ccccc1F. The van der Waals surface area contributed by atoms with Gasteiger partial charge in [0.25, 0.3) is 5.91 Å². The normalized spacial score (nSPS) is 14.5. The smallest absolute Gasteiger partial charge is 0.346 e. The average molecular weight is 450 g/mol. The van der Waals surface area contributed by atoms with Gasteiger partial charge in [0.2, 0.25) is 6.10 Å². The highest BCUT2D eigenvalue weighted by Crippen LogP contribution is 2.31. The molecule has 33 heavy (non-hydrogen) atoms. The predicted molar refractivity (Wildman–Crippen MR) is 116 cm³/mol. The zero-order valence-corrected chi connectivity index (χ0v) is 17.5. The first kappa shape index (κ1) is 21.8. The molecule has 0 aromatic heterocycles. The number of carbonyl (C=O) groups excluding carboxylic acids is 2. The van der Waals surface area contributed by atoms with E-state index in [1.807, 2.05) is 6.07 Å². The lowest BCUT2D eigenvalue weighted by Gasteiger charge is -2.24. The maximum absolute atomic E-state index is 13.8. The zero-order valence-electron chi connectivity index (χ0n) is 17.5.